The number of unbranched alkanes of at least 4 members (excludes halogenated alkanes) is 8. The van der Waals surface area contributed by atoms with E-state index >= 15 is 0 Å². The molecule has 354 valence electrons. The molecule has 0 unspecified atom stereocenters. The van der Waals surface area contributed by atoms with Crippen LogP contribution in [0.1, 0.15) is 90.4 Å². The normalized spacial score (nSPS) is 40.9. The Hall–Kier alpha value is -1.77. The van der Waals surface area contributed by atoms with Gasteiger partial charge in [0.1, 0.15) is 67.1 Å². The molecule has 20 nitrogen and oxygen atoms in total. The Kier molecular flexibility index (Phi) is 22.3. The van der Waals surface area contributed by atoms with Gasteiger partial charge in [-0.3, -0.25) is 4.79 Å². The minimum Gasteiger partial charge on any atom is -0.389 e. The summed E-state index contributed by atoms with van der Waals surface area (Å²) in [6.07, 6.45) is 0.797. The smallest absolute Gasteiger partial charge is 0.220 e. The van der Waals surface area contributed by atoms with Crippen LogP contribution in [0, 0.1) is 0 Å². The van der Waals surface area contributed by atoms with Gasteiger partial charge in [-0.25, -0.2) is 0 Å². The number of amides is 1. The molecular weight excluding hydrogens is 798 g/mol. The van der Waals surface area contributed by atoms with Gasteiger partial charge in [0.2, 0.25) is 5.91 Å². The van der Waals surface area contributed by atoms with Crippen LogP contribution < -0.4 is 39.7 Å². The Morgan fingerprint density at radius 3 is 1.67 bits per heavy atom. The van der Waals surface area contributed by atoms with Gasteiger partial charge in [-0.05, 0) is 44.9 Å². The summed E-state index contributed by atoms with van der Waals surface area (Å²) in [5, 5.41) is 67.8. The zero-order valence-electron chi connectivity index (χ0n) is 35.6. The number of aliphatic hydroxyl groups excluding tert-OH is 6. The van der Waals surface area contributed by atoms with E-state index in [1.807, 2.05) is 0 Å². The molecule has 0 aromatic carbocycles. The van der Waals surface area contributed by atoms with Crippen LogP contribution in [0.2, 0.25) is 0 Å². The van der Waals surface area contributed by atoms with Crippen LogP contribution in [0.5, 0.6) is 0 Å². The predicted molar refractivity (Wildman–Crippen MR) is 224 cm³/mol. The number of ether oxygens (including phenoxy) is 6. The fraction of sp³-hybridized carbons (Fsp3) is 0.878. The van der Waals surface area contributed by atoms with Crippen LogP contribution in [0.15, 0.2) is 24.3 Å². The van der Waals surface area contributed by atoms with Gasteiger partial charge in [0, 0.05) is 38.1 Å². The molecule has 1 saturated carbocycles. The quantitative estimate of drug-likeness (QED) is 0.0340. The summed E-state index contributed by atoms with van der Waals surface area (Å²) in [6.45, 7) is 1.72. The van der Waals surface area contributed by atoms with Crippen molar-refractivity contribution in [3.8, 4) is 0 Å². The van der Waals surface area contributed by atoms with E-state index in [2.05, 4.69) is 36.5 Å². The average molecular weight is 876 g/mol. The number of hydrogen-bond donors (Lipinski definition) is 13. The van der Waals surface area contributed by atoms with Crippen LogP contribution >= 0.6 is 0 Å². The Labute approximate surface area is 359 Å². The first-order valence-electron chi connectivity index (χ1n) is 22.2. The summed E-state index contributed by atoms with van der Waals surface area (Å²) in [7, 11) is 0. The van der Waals surface area contributed by atoms with E-state index in [0.29, 0.717) is 6.42 Å². The topological polar surface area (TPSA) is 362 Å². The van der Waals surface area contributed by atoms with Gasteiger partial charge in [-0.2, -0.15) is 0 Å². The van der Waals surface area contributed by atoms with Crippen molar-refractivity contribution in [3.63, 3.8) is 0 Å². The van der Waals surface area contributed by atoms with Crippen molar-refractivity contribution in [2.24, 2.45) is 34.4 Å². The molecule has 1 aliphatic carbocycles. The minimum absolute atomic E-state index is 0.0791. The lowest BCUT2D eigenvalue weighted by molar-refractivity contribution is -0.306. The number of aliphatic hydroxyl groups is 6. The van der Waals surface area contributed by atoms with Crippen molar-refractivity contribution in [1.82, 2.24) is 5.32 Å². The van der Waals surface area contributed by atoms with Gasteiger partial charge in [0.15, 0.2) is 18.9 Å². The van der Waals surface area contributed by atoms with E-state index in [1.54, 1.807) is 0 Å². The van der Waals surface area contributed by atoms with E-state index in [9.17, 15) is 35.4 Å². The first kappa shape index (κ1) is 51.9. The third kappa shape index (κ3) is 14.6. The van der Waals surface area contributed by atoms with E-state index in [0.717, 1.165) is 44.9 Å². The molecule has 61 heavy (non-hydrogen) atoms. The molecule has 3 saturated heterocycles. The van der Waals surface area contributed by atoms with Crippen molar-refractivity contribution in [2.75, 3.05) is 19.6 Å². The molecule has 0 radical (unpaired) electrons. The number of hydrogen-bond acceptors (Lipinski definition) is 19. The highest BCUT2D eigenvalue weighted by atomic mass is 16.8. The number of nitrogens with one attached hydrogen (secondary N) is 1. The molecule has 1 amide bonds. The molecule has 3 heterocycles. The molecule has 0 aromatic rings. The molecule has 4 aliphatic rings. The zero-order valence-corrected chi connectivity index (χ0v) is 35.6. The highest BCUT2D eigenvalue weighted by Crippen LogP contribution is 2.34. The molecule has 20 heteroatoms. The van der Waals surface area contributed by atoms with Crippen molar-refractivity contribution in [3.05, 3.63) is 24.3 Å². The predicted octanol–water partition coefficient (Wildman–Crippen LogP) is -2.96. The molecule has 0 bridgehead atoms. The van der Waals surface area contributed by atoms with Crippen molar-refractivity contribution >= 4 is 5.91 Å². The largest absolute Gasteiger partial charge is 0.389 e. The molecule has 19 N–H and O–H groups in total. The summed E-state index contributed by atoms with van der Waals surface area (Å²) in [4.78, 5) is 13.0. The van der Waals surface area contributed by atoms with Gasteiger partial charge >= 0.3 is 0 Å². The number of carbonyl (C=O) groups is 1. The van der Waals surface area contributed by atoms with E-state index < -0.39 is 116 Å². The lowest BCUT2D eigenvalue weighted by Gasteiger charge is -2.47. The Bertz CT molecular complexity index is 1320. The summed E-state index contributed by atoms with van der Waals surface area (Å²) >= 11 is 0. The third-order valence-corrected chi connectivity index (χ3v) is 12.0. The standard InChI is InChI=1S/C41H77N7O13/c1-2-3-4-5-6-7-8-9-10-11-12-13-14-15-16-17-27(49)48-21-26-37(60-40-29(47)34(54)32(52)25(20-43)57-40)35(55)41(58-26)61-38-30(50)22(44)18-23(45)36(38)59-39-28(46)33(53)31(51)24(19-42)56-39/h6-7,9-10,22-26,28-41,50-55H,2-5,8,11-21,42-47H2,1H3,(H,48,49)/b7-6-,10-9-/t22-,23+,24-,25+,26-,28-,29-,30+,31-,32-,33-,34-,35-,36-,37-,38-,39-,40-,41+/m1/s1. The van der Waals surface area contributed by atoms with Crippen LogP contribution in [0.4, 0.5) is 0 Å². The summed E-state index contributed by atoms with van der Waals surface area (Å²) in [6, 6.07) is -4.27. The molecule has 4 rings (SSSR count). The molecular formula is C41H77N7O13. The molecule has 4 fully saturated rings. The third-order valence-electron chi connectivity index (χ3n) is 12.0. The van der Waals surface area contributed by atoms with Gasteiger partial charge < -0.3 is 98.8 Å². The van der Waals surface area contributed by atoms with Crippen LogP contribution in [-0.2, 0) is 33.2 Å². The Morgan fingerprint density at radius 1 is 0.590 bits per heavy atom. The second-order valence-corrected chi connectivity index (χ2v) is 16.8. The fourth-order valence-corrected chi connectivity index (χ4v) is 8.16. The first-order chi connectivity index (χ1) is 29.2. The Balaban J connectivity index is 1.36. The van der Waals surface area contributed by atoms with Crippen molar-refractivity contribution < 1.29 is 63.9 Å². The van der Waals surface area contributed by atoms with Crippen molar-refractivity contribution in [1.29, 1.82) is 0 Å². The minimum atomic E-state index is -1.62. The highest BCUT2D eigenvalue weighted by molar-refractivity contribution is 5.75. The fourth-order valence-electron chi connectivity index (χ4n) is 8.16. The Morgan fingerprint density at radius 2 is 1.10 bits per heavy atom. The van der Waals surface area contributed by atoms with Gasteiger partial charge in [-0.15, -0.1) is 0 Å². The summed E-state index contributed by atoms with van der Waals surface area (Å²) in [5.41, 5.74) is 36.5. The number of allylic oxidation sites excluding steroid dienone is 4. The van der Waals surface area contributed by atoms with E-state index in [1.165, 1.54) is 19.3 Å². The van der Waals surface area contributed by atoms with Crippen LogP contribution in [0.3, 0.4) is 0 Å². The van der Waals surface area contributed by atoms with E-state index in [4.69, 9.17) is 62.8 Å². The maximum Gasteiger partial charge on any atom is 0.220 e. The molecule has 0 spiro atoms. The maximum absolute atomic E-state index is 13.0. The second kappa shape index (κ2) is 26.3. The molecule has 19 atom stereocenters. The average Bonchev–Trinajstić information content (AvgIpc) is 3.53. The van der Waals surface area contributed by atoms with Gasteiger partial charge in [0.25, 0.3) is 0 Å². The number of carbonyl (C=O) groups excluding carboxylic acids is 1. The number of nitrogens with two attached hydrogens (primary N) is 6. The monoisotopic (exact) mass is 876 g/mol. The molecule has 0 aromatic heterocycles. The van der Waals surface area contributed by atoms with Crippen molar-refractivity contribution in [2.45, 2.75) is 207 Å². The zero-order chi connectivity index (χ0) is 44.6. The van der Waals surface area contributed by atoms with Crippen LogP contribution in [-0.4, -0.2) is 172 Å². The van der Waals surface area contributed by atoms with Crippen LogP contribution in [0.25, 0.3) is 0 Å². The lowest BCUT2D eigenvalue weighted by Crippen LogP contribution is -2.68. The molecule has 3 aliphatic heterocycles. The SMILES string of the molecule is CCCCC/C=C\C/C=C\CCCCCCCC(=O)NC[C@H]1O[C@@H](O[C@@H]2[C@@H](O)[C@H](N)C[C@H](N)[C@H]2O[C@H]2O[C@H](CN)[C@@H](O)[C@H](O)[C@H]2N)[C@H](O)[C@@H]1O[C@H]1O[C@@H](CN)[C@@H](O)[C@H](O)[C@H]1N. The first-order valence-corrected chi connectivity index (χ1v) is 22.2. The van der Waals surface area contributed by atoms with Gasteiger partial charge in [0.05, 0.1) is 18.2 Å². The highest BCUT2D eigenvalue weighted by Gasteiger charge is 2.54. The van der Waals surface area contributed by atoms with E-state index in [-0.39, 0.29) is 38.4 Å². The summed E-state index contributed by atoms with van der Waals surface area (Å²) < 4.78 is 36.2. The summed E-state index contributed by atoms with van der Waals surface area (Å²) in [5.74, 6) is -0.251. The van der Waals surface area contributed by atoms with Gasteiger partial charge in [-0.1, -0.05) is 63.3 Å². The maximum atomic E-state index is 13.0. The second-order valence-electron chi connectivity index (χ2n) is 16.8. The lowest BCUT2D eigenvalue weighted by atomic mass is 9.84. The number of rotatable bonds is 24.